The normalized spacial score (nSPS) is 11.6. The molecule has 1 aromatic carbocycles. The quantitative estimate of drug-likeness (QED) is 0.862. The van der Waals surface area contributed by atoms with Crippen molar-refractivity contribution in [3.8, 4) is 0 Å². The number of anilines is 1. The van der Waals surface area contributed by atoms with Gasteiger partial charge in [-0.2, -0.15) is 5.10 Å². The van der Waals surface area contributed by atoms with E-state index in [2.05, 4.69) is 10.4 Å². The molecule has 0 radical (unpaired) electrons. The Labute approximate surface area is 110 Å². The Hall–Kier alpha value is -2.11. The van der Waals surface area contributed by atoms with Gasteiger partial charge in [0, 0.05) is 12.4 Å². The molecule has 5 nitrogen and oxygen atoms in total. The number of nitrogens with one attached hydrogen (secondary N) is 1. The maximum atomic E-state index is 14.2. The van der Waals surface area contributed by atoms with E-state index < -0.39 is 17.5 Å². The molecule has 0 fully saturated rings. The summed E-state index contributed by atoms with van der Waals surface area (Å²) in [4.78, 5) is 11.6. The van der Waals surface area contributed by atoms with Crippen LogP contribution in [-0.4, -0.2) is 21.5 Å². The number of fused-ring (bicyclic) bond motifs is 1. The molecular formula is C13H16FN3O2. The Morgan fingerprint density at radius 1 is 1.42 bits per heavy atom. The molecule has 1 amide bonds. The molecule has 1 N–H and O–H groups in total. The van der Waals surface area contributed by atoms with E-state index in [1.807, 2.05) is 0 Å². The minimum atomic E-state index is -0.687. The third kappa shape index (κ3) is 2.83. The summed E-state index contributed by atoms with van der Waals surface area (Å²) in [6.45, 7) is 5.23. The standard InChI is InChI=1S/C13H16FN3O2/c1-13(2,3)19-12(18)16-9-6-5-8-7-15-17(4)11(8)10(9)14/h5-7H,1-4H3,(H,16,18). The maximum Gasteiger partial charge on any atom is 0.412 e. The van der Waals surface area contributed by atoms with Crippen LogP contribution < -0.4 is 5.32 Å². The van der Waals surface area contributed by atoms with Crippen molar-refractivity contribution >= 4 is 22.7 Å². The zero-order valence-electron chi connectivity index (χ0n) is 11.3. The second-order valence-electron chi connectivity index (χ2n) is 5.26. The van der Waals surface area contributed by atoms with Crippen LogP contribution in [-0.2, 0) is 11.8 Å². The number of carbonyl (C=O) groups excluding carboxylic acids is 1. The summed E-state index contributed by atoms with van der Waals surface area (Å²) in [6, 6.07) is 3.18. The average Bonchev–Trinajstić information content (AvgIpc) is 2.62. The van der Waals surface area contributed by atoms with Gasteiger partial charge in [0.1, 0.15) is 11.1 Å². The second-order valence-corrected chi connectivity index (χ2v) is 5.26. The minimum absolute atomic E-state index is 0.0744. The van der Waals surface area contributed by atoms with E-state index in [0.29, 0.717) is 10.9 Å². The molecule has 1 heterocycles. The highest BCUT2D eigenvalue weighted by Crippen LogP contribution is 2.24. The molecule has 102 valence electrons. The van der Waals surface area contributed by atoms with Gasteiger partial charge in [0.25, 0.3) is 0 Å². The van der Waals surface area contributed by atoms with Crippen LogP contribution in [0.1, 0.15) is 20.8 Å². The highest BCUT2D eigenvalue weighted by molar-refractivity contribution is 5.90. The van der Waals surface area contributed by atoms with Gasteiger partial charge in [-0.3, -0.25) is 10.00 Å². The number of aryl methyl sites for hydroxylation is 1. The first-order valence-electron chi connectivity index (χ1n) is 5.88. The zero-order valence-corrected chi connectivity index (χ0v) is 11.3. The molecule has 0 aliphatic rings. The van der Waals surface area contributed by atoms with Gasteiger partial charge in [-0.05, 0) is 32.9 Å². The number of amides is 1. The number of hydrogen-bond donors (Lipinski definition) is 1. The van der Waals surface area contributed by atoms with Crippen LogP contribution in [0.15, 0.2) is 18.3 Å². The van der Waals surface area contributed by atoms with Gasteiger partial charge in [-0.15, -0.1) is 0 Å². The zero-order chi connectivity index (χ0) is 14.2. The third-order valence-electron chi connectivity index (χ3n) is 2.48. The summed E-state index contributed by atoms with van der Waals surface area (Å²) in [6.07, 6.45) is 0.878. The monoisotopic (exact) mass is 265 g/mol. The van der Waals surface area contributed by atoms with Gasteiger partial charge in [0.15, 0.2) is 5.82 Å². The first kappa shape index (κ1) is 13.3. The van der Waals surface area contributed by atoms with Crippen LogP contribution in [0, 0.1) is 5.82 Å². The molecule has 0 spiro atoms. The van der Waals surface area contributed by atoms with Crippen molar-refractivity contribution in [2.24, 2.45) is 7.05 Å². The van der Waals surface area contributed by atoms with Crippen molar-refractivity contribution < 1.29 is 13.9 Å². The van der Waals surface area contributed by atoms with E-state index in [0.717, 1.165) is 0 Å². The lowest BCUT2D eigenvalue weighted by molar-refractivity contribution is 0.0635. The Kier molecular flexibility index (Phi) is 3.18. The molecule has 0 saturated carbocycles. The smallest absolute Gasteiger partial charge is 0.412 e. The fourth-order valence-electron chi connectivity index (χ4n) is 1.73. The maximum absolute atomic E-state index is 14.2. The molecule has 1 aromatic heterocycles. The van der Waals surface area contributed by atoms with Gasteiger partial charge in [0.2, 0.25) is 0 Å². The number of hydrogen-bond acceptors (Lipinski definition) is 3. The molecule has 6 heteroatoms. The van der Waals surface area contributed by atoms with Crippen molar-refractivity contribution in [1.82, 2.24) is 9.78 Å². The summed E-state index contributed by atoms with van der Waals surface area (Å²) >= 11 is 0. The summed E-state index contributed by atoms with van der Waals surface area (Å²) < 4.78 is 20.7. The summed E-state index contributed by atoms with van der Waals surface area (Å²) in [5, 5.41) is 7.04. The first-order valence-corrected chi connectivity index (χ1v) is 5.88. The molecule has 2 aromatic rings. The Morgan fingerprint density at radius 3 is 2.74 bits per heavy atom. The van der Waals surface area contributed by atoms with Crippen molar-refractivity contribution in [3.63, 3.8) is 0 Å². The summed E-state index contributed by atoms with van der Waals surface area (Å²) in [5.41, 5.74) is -0.212. The Bertz CT molecular complexity index is 629. The minimum Gasteiger partial charge on any atom is -0.444 e. The number of halogens is 1. The number of carbonyl (C=O) groups is 1. The van der Waals surface area contributed by atoms with E-state index in [4.69, 9.17) is 4.74 Å². The number of nitrogens with zero attached hydrogens (tertiary/aromatic N) is 2. The molecule has 0 bridgehead atoms. The van der Waals surface area contributed by atoms with Crippen LogP contribution in [0.5, 0.6) is 0 Å². The summed E-state index contributed by atoms with van der Waals surface area (Å²) in [7, 11) is 1.64. The van der Waals surface area contributed by atoms with Crippen molar-refractivity contribution in [3.05, 3.63) is 24.1 Å². The third-order valence-corrected chi connectivity index (χ3v) is 2.48. The van der Waals surface area contributed by atoms with Crippen molar-refractivity contribution in [2.45, 2.75) is 26.4 Å². The van der Waals surface area contributed by atoms with E-state index in [1.54, 1.807) is 40.1 Å². The van der Waals surface area contributed by atoms with Gasteiger partial charge < -0.3 is 4.74 Å². The topological polar surface area (TPSA) is 56.2 Å². The van der Waals surface area contributed by atoms with Crippen molar-refractivity contribution in [2.75, 3.05) is 5.32 Å². The fraction of sp³-hybridized carbons (Fsp3) is 0.385. The fourth-order valence-corrected chi connectivity index (χ4v) is 1.73. The van der Waals surface area contributed by atoms with Crippen LogP contribution in [0.4, 0.5) is 14.9 Å². The first-order chi connectivity index (χ1) is 8.78. The SMILES string of the molecule is Cn1ncc2ccc(NC(=O)OC(C)(C)C)c(F)c21. The highest BCUT2D eigenvalue weighted by atomic mass is 19.1. The van der Waals surface area contributed by atoms with Gasteiger partial charge in [0.05, 0.1) is 11.9 Å². The lowest BCUT2D eigenvalue weighted by Crippen LogP contribution is -2.27. The lowest BCUT2D eigenvalue weighted by atomic mass is 10.2. The van der Waals surface area contributed by atoms with E-state index >= 15 is 0 Å². The van der Waals surface area contributed by atoms with Gasteiger partial charge in [-0.25, -0.2) is 9.18 Å². The highest BCUT2D eigenvalue weighted by Gasteiger charge is 2.18. The van der Waals surface area contributed by atoms with E-state index in [1.165, 1.54) is 10.7 Å². The second kappa shape index (κ2) is 4.53. The van der Waals surface area contributed by atoms with E-state index in [-0.39, 0.29) is 5.69 Å². The van der Waals surface area contributed by atoms with Crippen LogP contribution in [0.3, 0.4) is 0 Å². The predicted molar refractivity (Wildman–Crippen MR) is 70.5 cm³/mol. The molecular weight excluding hydrogens is 249 g/mol. The van der Waals surface area contributed by atoms with E-state index in [9.17, 15) is 9.18 Å². The molecule has 0 aliphatic carbocycles. The largest absolute Gasteiger partial charge is 0.444 e. The van der Waals surface area contributed by atoms with Gasteiger partial charge in [-0.1, -0.05) is 0 Å². The average molecular weight is 265 g/mol. The molecule has 19 heavy (non-hydrogen) atoms. The Morgan fingerprint density at radius 2 is 2.11 bits per heavy atom. The number of benzene rings is 1. The summed E-state index contributed by atoms with van der Waals surface area (Å²) in [5.74, 6) is -0.525. The number of rotatable bonds is 1. The molecule has 2 rings (SSSR count). The Balaban J connectivity index is 2.29. The molecule has 0 unspecified atom stereocenters. The van der Waals surface area contributed by atoms with Crippen molar-refractivity contribution in [1.29, 1.82) is 0 Å². The molecule has 0 aliphatic heterocycles. The van der Waals surface area contributed by atoms with Crippen LogP contribution in [0.25, 0.3) is 10.9 Å². The number of aromatic nitrogens is 2. The number of ether oxygens (including phenoxy) is 1. The molecule has 0 saturated heterocycles. The van der Waals surface area contributed by atoms with Crippen LogP contribution >= 0.6 is 0 Å². The van der Waals surface area contributed by atoms with Gasteiger partial charge >= 0.3 is 6.09 Å². The van der Waals surface area contributed by atoms with Crippen LogP contribution in [0.2, 0.25) is 0 Å². The lowest BCUT2D eigenvalue weighted by Gasteiger charge is -2.19. The predicted octanol–water partition coefficient (Wildman–Crippen LogP) is 3.06. The molecule has 0 atom stereocenters.